The maximum absolute atomic E-state index is 9.90. The summed E-state index contributed by atoms with van der Waals surface area (Å²) in [5, 5.41) is 19.5. The molecule has 4 N–H and O–H groups in total. The minimum absolute atomic E-state index is 0.120. The van der Waals surface area contributed by atoms with Gasteiger partial charge in [0.25, 0.3) is 0 Å². The van der Waals surface area contributed by atoms with Crippen molar-refractivity contribution < 1.29 is 29.3 Å². The number of hydrogen-bond acceptors (Lipinski definition) is 7. The Morgan fingerprint density at radius 3 is 2.69 bits per heavy atom. The van der Waals surface area contributed by atoms with E-state index in [0.29, 0.717) is 0 Å². The first-order chi connectivity index (χ1) is 7.44. The average molecular weight is 235 g/mol. The summed E-state index contributed by atoms with van der Waals surface area (Å²) in [5.41, 5.74) is 0. The summed E-state index contributed by atoms with van der Waals surface area (Å²) in [6.45, 7) is 3.34. The number of aliphatic hydroxyl groups is 2. The molecule has 0 bridgehead atoms. The lowest BCUT2D eigenvalue weighted by molar-refractivity contribution is -0.228. The van der Waals surface area contributed by atoms with Crippen LogP contribution in [0.4, 0.5) is 0 Å². The van der Waals surface area contributed by atoms with Gasteiger partial charge in [0.2, 0.25) is 0 Å². The third-order valence-corrected chi connectivity index (χ3v) is 2.70. The van der Waals surface area contributed by atoms with Gasteiger partial charge in [-0.2, -0.15) is 0 Å². The van der Waals surface area contributed by atoms with Gasteiger partial charge in [-0.15, -0.1) is 0 Å². The molecule has 2 saturated heterocycles. The van der Waals surface area contributed by atoms with Crippen molar-refractivity contribution in [3.63, 3.8) is 0 Å². The Morgan fingerprint density at radius 1 is 1.44 bits per heavy atom. The highest BCUT2D eigenvalue weighted by atomic mass is 16.8. The van der Waals surface area contributed by atoms with Crippen LogP contribution >= 0.6 is 0 Å². The van der Waals surface area contributed by atoms with Gasteiger partial charge in [-0.25, -0.2) is 5.90 Å². The van der Waals surface area contributed by atoms with Crippen LogP contribution in [-0.2, 0) is 19.0 Å². The van der Waals surface area contributed by atoms with E-state index in [1.54, 1.807) is 13.8 Å². The van der Waals surface area contributed by atoms with E-state index in [4.69, 9.17) is 20.1 Å². The molecule has 7 heteroatoms. The Labute approximate surface area is 93.0 Å². The molecule has 0 aromatic carbocycles. The second-order valence-electron chi connectivity index (χ2n) is 4.46. The Morgan fingerprint density at radius 2 is 2.12 bits per heavy atom. The number of rotatable bonds is 3. The van der Waals surface area contributed by atoms with Crippen molar-refractivity contribution in [3.8, 4) is 0 Å². The number of hydrogen-bond donors (Lipinski definition) is 3. The molecule has 2 fully saturated rings. The van der Waals surface area contributed by atoms with E-state index in [1.165, 1.54) is 0 Å². The number of fused-ring (bicyclic) bond motifs is 1. The number of nitrogens with two attached hydrogens (primary N) is 1. The molecule has 94 valence electrons. The van der Waals surface area contributed by atoms with Crippen LogP contribution < -0.4 is 5.90 Å². The van der Waals surface area contributed by atoms with Crippen molar-refractivity contribution >= 4 is 0 Å². The molecule has 0 saturated carbocycles. The van der Waals surface area contributed by atoms with Crippen molar-refractivity contribution in [1.82, 2.24) is 0 Å². The Bertz CT molecular complexity index is 260. The van der Waals surface area contributed by atoms with Gasteiger partial charge in [-0.05, 0) is 13.8 Å². The van der Waals surface area contributed by atoms with Crippen LogP contribution in [0.1, 0.15) is 13.8 Å². The van der Waals surface area contributed by atoms with Crippen LogP contribution in [0.3, 0.4) is 0 Å². The van der Waals surface area contributed by atoms with Crippen molar-refractivity contribution in [3.05, 3.63) is 0 Å². The monoisotopic (exact) mass is 235 g/mol. The Kier molecular flexibility index (Phi) is 3.19. The fourth-order valence-corrected chi connectivity index (χ4v) is 2.03. The lowest BCUT2D eigenvalue weighted by Crippen LogP contribution is -2.43. The normalized spacial score (nSPS) is 43.3. The standard InChI is InChI=1S/C9H17NO6/c1-9(2)15-7-5(12)6(4(11)3-13-10)14-8(7)16-9/h4-8,11-12H,3,10H2,1-2H3/t4-,5+,6-,7-,8?/m1/s1. The summed E-state index contributed by atoms with van der Waals surface area (Å²) in [4.78, 5) is 4.30. The molecular formula is C9H17NO6. The van der Waals surface area contributed by atoms with E-state index in [2.05, 4.69) is 4.84 Å². The molecule has 0 aromatic rings. The number of aliphatic hydroxyl groups excluding tert-OH is 2. The molecule has 0 amide bonds. The van der Waals surface area contributed by atoms with Crippen LogP contribution in [-0.4, -0.2) is 53.3 Å². The first-order valence-corrected chi connectivity index (χ1v) is 5.13. The molecule has 0 aromatic heterocycles. The van der Waals surface area contributed by atoms with Crippen molar-refractivity contribution in [2.24, 2.45) is 5.90 Å². The van der Waals surface area contributed by atoms with E-state index in [9.17, 15) is 10.2 Å². The highest BCUT2D eigenvalue weighted by Crippen LogP contribution is 2.38. The minimum atomic E-state index is -1.01. The van der Waals surface area contributed by atoms with Gasteiger partial charge < -0.3 is 29.3 Å². The lowest BCUT2D eigenvalue weighted by Gasteiger charge is -2.25. The third-order valence-electron chi connectivity index (χ3n) is 2.70. The molecule has 2 rings (SSSR count). The predicted octanol–water partition coefficient (Wildman–Crippen LogP) is -1.53. The summed E-state index contributed by atoms with van der Waals surface area (Å²) >= 11 is 0. The lowest BCUT2D eigenvalue weighted by atomic mass is 10.1. The van der Waals surface area contributed by atoms with Gasteiger partial charge in [-0.3, -0.25) is 0 Å². The third kappa shape index (κ3) is 2.07. The van der Waals surface area contributed by atoms with Crippen molar-refractivity contribution in [1.29, 1.82) is 0 Å². The second-order valence-corrected chi connectivity index (χ2v) is 4.46. The zero-order chi connectivity index (χ0) is 11.9. The summed E-state index contributed by atoms with van der Waals surface area (Å²) in [7, 11) is 0. The molecule has 1 unspecified atom stereocenters. The molecular weight excluding hydrogens is 218 g/mol. The molecule has 0 aliphatic carbocycles. The van der Waals surface area contributed by atoms with Crippen LogP contribution in [0.5, 0.6) is 0 Å². The van der Waals surface area contributed by atoms with Crippen LogP contribution in [0, 0.1) is 0 Å². The van der Waals surface area contributed by atoms with E-state index < -0.39 is 36.5 Å². The van der Waals surface area contributed by atoms with Gasteiger partial charge in [0.1, 0.15) is 24.4 Å². The second kappa shape index (κ2) is 4.19. The molecule has 0 radical (unpaired) electrons. The molecule has 2 aliphatic rings. The fraction of sp³-hybridized carbons (Fsp3) is 1.00. The smallest absolute Gasteiger partial charge is 0.190 e. The van der Waals surface area contributed by atoms with Crippen LogP contribution in [0.25, 0.3) is 0 Å². The van der Waals surface area contributed by atoms with Crippen molar-refractivity contribution in [2.45, 2.75) is 50.3 Å². The van der Waals surface area contributed by atoms with Gasteiger partial charge >= 0.3 is 0 Å². The van der Waals surface area contributed by atoms with Gasteiger partial charge in [0, 0.05) is 0 Å². The minimum Gasteiger partial charge on any atom is -0.388 e. The SMILES string of the molecule is CC1(C)OC2O[C@H]([C@H](O)CON)[C@H](O)[C@H]2O1. The van der Waals surface area contributed by atoms with E-state index in [1.807, 2.05) is 0 Å². The molecule has 2 heterocycles. The highest BCUT2D eigenvalue weighted by Gasteiger charge is 2.55. The average Bonchev–Trinajstić information content (AvgIpc) is 2.62. The first-order valence-electron chi connectivity index (χ1n) is 5.13. The van der Waals surface area contributed by atoms with Gasteiger partial charge in [0.15, 0.2) is 12.1 Å². The zero-order valence-electron chi connectivity index (χ0n) is 9.20. The topological polar surface area (TPSA) is 103 Å². The maximum atomic E-state index is 9.90. The first kappa shape index (κ1) is 12.2. The highest BCUT2D eigenvalue weighted by molar-refractivity contribution is 4.95. The largest absolute Gasteiger partial charge is 0.388 e. The van der Waals surface area contributed by atoms with Crippen LogP contribution in [0.15, 0.2) is 0 Å². The summed E-state index contributed by atoms with van der Waals surface area (Å²) in [5.74, 6) is 4.06. The van der Waals surface area contributed by atoms with E-state index in [0.717, 1.165) is 0 Å². The molecule has 5 atom stereocenters. The molecule has 16 heavy (non-hydrogen) atoms. The van der Waals surface area contributed by atoms with E-state index >= 15 is 0 Å². The number of ether oxygens (including phenoxy) is 3. The van der Waals surface area contributed by atoms with Crippen LogP contribution in [0.2, 0.25) is 0 Å². The predicted molar refractivity (Wildman–Crippen MR) is 50.9 cm³/mol. The maximum Gasteiger partial charge on any atom is 0.190 e. The Hall–Kier alpha value is -0.280. The van der Waals surface area contributed by atoms with Gasteiger partial charge in [-0.1, -0.05) is 0 Å². The molecule has 7 nitrogen and oxygen atoms in total. The van der Waals surface area contributed by atoms with E-state index in [-0.39, 0.29) is 6.61 Å². The summed E-state index contributed by atoms with van der Waals surface area (Å²) in [6.07, 6.45) is -4.04. The summed E-state index contributed by atoms with van der Waals surface area (Å²) in [6, 6.07) is 0. The van der Waals surface area contributed by atoms with Crippen molar-refractivity contribution in [2.75, 3.05) is 6.61 Å². The summed E-state index contributed by atoms with van der Waals surface area (Å²) < 4.78 is 16.2. The van der Waals surface area contributed by atoms with Gasteiger partial charge in [0.05, 0.1) is 6.61 Å². The zero-order valence-corrected chi connectivity index (χ0v) is 9.20. The fourth-order valence-electron chi connectivity index (χ4n) is 2.03. The quantitative estimate of drug-likeness (QED) is 0.510. The molecule has 0 spiro atoms. The Balaban J connectivity index is 1.99. The molecule has 2 aliphatic heterocycles.